The summed E-state index contributed by atoms with van der Waals surface area (Å²) < 4.78 is 14.8. The number of ketones is 1. The molecule has 3 rings (SSSR count). The van der Waals surface area contributed by atoms with E-state index in [0.29, 0.717) is 17.2 Å². The number of aryl methyl sites for hydroxylation is 1. The summed E-state index contributed by atoms with van der Waals surface area (Å²) in [5, 5.41) is 19.0. The van der Waals surface area contributed by atoms with Gasteiger partial charge in [0.05, 0.1) is 17.1 Å². The molecule has 3 aromatic rings. The fourth-order valence-corrected chi connectivity index (χ4v) is 3.34. The molecule has 8 heteroatoms. The van der Waals surface area contributed by atoms with E-state index in [2.05, 4.69) is 0 Å². The van der Waals surface area contributed by atoms with Crippen LogP contribution in [0, 0.1) is 12.7 Å². The van der Waals surface area contributed by atoms with Crippen LogP contribution in [0.25, 0.3) is 5.76 Å². The Bertz CT molecular complexity index is 1280. The lowest BCUT2D eigenvalue weighted by Gasteiger charge is -2.13. The number of aliphatic carboxylic acids is 1. The molecule has 1 heterocycles. The molecule has 2 N–H and O–H groups in total. The van der Waals surface area contributed by atoms with Crippen LogP contribution in [-0.4, -0.2) is 26.5 Å². The van der Waals surface area contributed by atoms with E-state index in [1.807, 2.05) is 31.2 Å². The van der Waals surface area contributed by atoms with Crippen LogP contribution in [0.2, 0.25) is 5.02 Å². The molecule has 32 heavy (non-hydrogen) atoms. The van der Waals surface area contributed by atoms with Crippen LogP contribution in [0.4, 0.5) is 4.39 Å². The number of hydrogen-bond donors (Lipinski definition) is 2. The van der Waals surface area contributed by atoms with Crippen molar-refractivity contribution in [2.24, 2.45) is 0 Å². The molecule has 0 aliphatic rings. The minimum absolute atomic E-state index is 0.0505. The van der Waals surface area contributed by atoms with E-state index < -0.39 is 28.9 Å². The van der Waals surface area contributed by atoms with Gasteiger partial charge in [-0.15, -0.1) is 0 Å². The highest BCUT2D eigenvalue weighted by Gasteiger charge is 2.16. The molecule has 164 valence electrons. The minimum atomic E-state index is -1.76. The van der Waals surface area contributed by atoms with Gasteiger partial charge in [-0.3, -0.25) is 9.59 Å². The smallest absolute Gasteiger partial charge is 0.376 e. The molecular weight excluding hydrogens is 437 g/mol. The number of carboxylic acid groups (broad SMARTS) is 1. The Morgan fingerprint density at radius 3 is 2.31 bits per heavy atom. The Labute approximate surface area is 187 Å². The van der Waals surface area contributed by atoms with E-state index >= 15 is 0 Å². The van der Waals surface area contributed by atoms with Crippen molar-refractivity contribution in [3.8, 4) is 0 Å². The second-order valence-electron chi connectivity index (χ2n) is 7.30. The van der Waals surface area contributed by atoms with Crippen LogP contribution in [0.5, 0.6) is 0 Å². The van der Waals surface area contributed by atoms with Gasteiger partial charge in [-0.2, -0.15) is 0 Å². The molecule has 0 spiro atoms. The van der Waals surface area contributed by atoms with Gasteiger partial charge in [0, 0.05) is 12.3 Å². The number of carboxylic acids is 1. The Hall–Kier alpha value is -3.71. The summed E-state index contributed by atoms with van der Waals surface area (Å²) in [5.41, 5.74) is 2.29. The highest BCUT2D eigenvalue weighted by molar-refractivity contribution is 6.38. The highest BCUT2D eigenvalue weighted by atomic mass is 35.5. The first kappa shape index (κ1) is 23.0. The number of aliphatic hydroxyl groups is 1. The molecular formula is C24H19ClFNO5. The van der Waals surface area contributed by atoms with Crippen molar-refractivity contribution in [2.75, 3.05) is 0 Å². The molecule has 2 aromatic carbocycles. The van der Waals surface area contributed by atoms with Crippen molar-refractivity contribution < 1.29 is 24.2 Å². The molecule has 0 bridgehead atoms. The van der Waals surface area contributed by atoms with Crippen molar-refractivity contribution in [1.29, 1.82) is 0 Å². The number of carbonyl (C=O) groups is 2. The molecule has 1 aromatic heterocycles. The van der Waals surface area contributed by atoms with Crippen molar-refractivity contribution >= 4 is 29.1 Å². The third-order valence-corrected chi connectivity index (χ3v) is 5.05. The van der Waals surface area contributed by atoms with Gasteiger partial charge in [-0.1, -0.05) is 47.5 Å². The molecule has 0 radical (unpaired) electrons. The van der Waals surface area contributed by atoms with Gasteiger partial charge in [0.25, 0.3) is 11.3 Å². The van der Waals surface area contributed by atoms with Crippen molar-refractivity contribution in [3.63, 3.8) is 0 Å². The number of halogens is 2. The monoisotopic (exact) mass is 455 g/mol. The van der Waals surface area contributed by atoms with Crippen LogP contribution in [-0.2, 0) is 22.6 Å². The fraction of sp³-hybridized carbons (Fsp3) is 0.125. The summed E-state index contributed by atoms with van der Waals surface area (Å²) in [7, 11) is 0. The summed E-state index contributed by atoms with van der Waals surface area (Å²) in [4.78, 5) is 35.3. The minimum Gasteiger partial charge on any atom is -0.507 e. The number of aliphatic hydroxyl groups excluding tert-OH is 1. The Morgan fingerprint density at radius 1 is 1.03 bits per heavy atom. The first-order valence-corrected chi connectivity index (χ1v) is 9.93. The third-order valence-electron chi connectivity index (χ3n) is 4.76. The Morgan fingerprint density at radius 2 is 1.69 bits per heavy atom. The maximum Gasteiger partial charge on any atom is 0.376 e. The predicted octanol–water partition coefficient (Wildman–Crippen LogP) is 4.14. The van der Waals surface area contributed by atoms with Crippen molar-refractivity contribution in [2.45, 2.75) is 19.9 Å². The quantitative estimate of drug-likeness (QED) is 0.317. The van der Waals surface area contributed by atoms with Gasteiger partial charge in [0.1, 0.15) is 11.6 Å². The maximum atomic E-state index is 13.5. The number of nitrogens with zero attached hydrogens (tertiary/aromatic N) is 1. The largest absolute Gasteiger partial charge is 0.507 e. The number of rotatable bonds is 7. The second-order valence-corrected chi connectivity index (χ2v) is 7.71. The lowest BCUT2D eigenvalue weighted by molar-refractivity contribution is -0.146. The summed E-state index contributed by atoms with van der Waals surface area (Å²) in [6.07, 6.45) is 2.34. The van der Waals surface area contributed by atoms with E-state index in [-0.39, 0.29) is 23.6 Å². The zero-order chi connectivity index (χ0) is 23.4. The zero-order valence-corrected chi connectivity index (χ0v) is 17.8. The van der Waals surface area contributed by atoms with E-state index in [9.17, 15) is 23.9 Å². The Kier molecular flexibility index (Phi) is 6.90. The molecule has 0 aliphatic carbocycles. The van der Waals surface area contributed by atoms with E-state index in [4.69, 9.17) is 16.7 Å². The standard InChI is InChI=1S/C24H19ClFNO5/c1-14-2-4-15(5-3-14)12-27-13-17(8-16-6-7-20(26)19(25)10-16)9-18(23(27)30)21(28)11-22(29)24(31)32/h2-7,9-11,13,28H,8,12H2,1H3,(H,31,32)/b21-11-. The number of benzene rings is 2. The first-order valence-electron chi connectivity index (χ1n) is 9.55. The maximum absolute atomic E-state index is 13.5. The summed E-state index contributed by atoms with van der Waals surface area (Å²) in [5.74, 6) is -4.43. The number of aromatic nitrogens is 1. The van der Waals surface area contributed by atoms with Gasteiger partial charge in [0.2, 0.25) is 0 Å². The average Bonchev–Trinajstić information content (AvgIpc) is 2.74. The van der Waals surface area contributed by atoms with Crippen molar-refractivity contribution in [1.82, 2.24) is 4.57 Å². The van der Waals surface area contributed by atoms with Crippen LogP contribution < -0.4 is 5.56 Å². The van der Waals surface area contributed by atoms with E-state index in [1.165, 1.54) is 22.8 Å². The van der Waals surface area contributed by atoms with Gasteiger partial charge in [-0.25, -0.2) is 9.18 Å². The van der Waals surface area contributed by atoms with Gasteiger partial charge < -0.3 is 14.8 Å². The number of carbonyl (C=O) groups excluding carboxylic acids is 1. The van der Waals surface area contributed by atoms with Crippen LogP contribution >= 0.6 is 11.6 Å². The van der Waals surface area contributed by atoms with Crippen LogP contribution in [0.1, 0.15) is 27.8 Å². The van der Waals surface area contributed by atoms with Gasteiger partial charge in [0.15, 0.2) is 0 Å². The van der Waals surface area contributed by atoms with Gasteiger partial charge >= 0.3 is 5.97 Å². The molecule has 6 nitrogen and oxygen atoms in total. The lowest BCUT2D eigenvalue weighted by Crippen LogP contribution is -2.25. The molecule has 0 aliphatic heterocycles. The summed E-state index contributed by atoms with van der Waals surface area (Å²) in [6, 6.07) is 13.1. The molecule has 0 unspecified atom stereocenters. The molecule has 0 saturated carbocycles. The second kappa shape index (κ2) is 9.62. The zero-order valence-electron chi connectivity index (χ0n) is 17.0. The topological polar surface area (TPSA) is 96.6 Å². The summed E-state index contributed by atoms with van der Waals surface area (Å²) >= 11 is 5.85. The average molecular weight is 456 g/mol. The molecule has 0 amide bonds. The SMILES string of the molecule is Cc1ccc(Cn2cc(Cc3ccc(F)c(Cl)c3)cc(/C(O)=C/C(=O)C(=O)O)c2=O)cc1. The number of hydrogen-bond acceptors (Lipinski definition) is 4. The van der Waals surface area contributed by atoms with E-state index in [1.54, 1.807) is 12.3 Å². The van der Waals surface area contributed by atoms with Gasteiger partial charge in [-0.05, 0) is 48.2 Å². The lowest BCUT2D eigenvalue weighted by atomic mass is 10.0. The highest BCUT2D eigenvalue weighted by Crippen LogP contribution is 2.20. The normalized spacial score (nSPS) is 11.4. The molecule has 0 fully saturated rings. The molecule has 0 atom stereocenters. The van der Waals surface area contributed by atoms with Crippen molar-refractivity contribution in [3.05, 3.63) is 110 Å². The predicted molar refractivity (Wildman–Crippen MR) is 118 cm³/mol. The fourth-order valence-electron chi connectivity index (χ4n) is 3.13. The number of pyridine rings is 1. The summed E-state index contributed by atoms with van der Waals surface area (Å²) in [6.45, 7) is 2.12. The van der Waals surface area contributed by atoms with E-state index in [0.717, 1.165) is 11.1 Å². The third kappa shape index (κ3) is 5.50. The van der Waals surface area contributed by atoms with Crippen LogP contribution in [0.15, 0.2) is 65.6 Å². The Balaban J connectivity index is 2.08. The van der Waals surface area contributed by atoms with Crippen LogP contribution in [0.3, 0.4) is 0 Å². The first-order chi connectivity index (χ1) is 15.1. The molecule has 0 saturated heterocycles.